The number of pyridine rings is 6. The topological polar surface area (TPSA) is 344 Å². The van der Waals surface area contributed by atoms with Crippen LogP contribution in [0.2, 0.25) is 0 Å². The maximum atomic E-state index is 14.4. The van der Waals surface area contributed by atoms with E-state index in [0.717, 1.165) is 34.0 Å². The first kappa shape index (κ1) is 67.1. The largest absolute Gasteiger partial charge is 0.479 e. The lowest BCUT2D eigenvalue weighted by Gasteiger charge is -2.09. The normalized spacial score (nSPS) is 13.2. The van der Waals surface area contributed by atoms with Crippen molar-refractivity contribution in [1.82, 2.24) is 93.4 Å². The molecule has 12 aromatic rings. The second-order valence-electron chi connectivity index (χ2n) is 23.1. The molecule has 0 atom stereocenters. The second kappa shape index (κ2) is 29.6. The van der Waals surface area contributed by atoms with Gasteiger partial charge in [0.15, 0.2) is 34.6 Å². The molecule has 0 spiro atoms. The van der Waals surface area contributed by atoms with Crippen LogP contribution in [-0.4, -0.2) is 132 Å². The summed E-state index contributed by atoms with van der Waals surface area (Å²) >= 11 is 6.41. The number of nitrogens with two attached hydrogens (primary N) is 1. The van der Waals surface area contributed by atoms with Crippen LogP contribution in [0.1, 0.15) is 150 Å². The molecule has 0 saturated heterocycles. The third-order valence-corrected chi connectivity index (χ3v) is 17.5. The summed E-state index contributed by atoms with van der Waals surface area (Å²) in [4.78, 5) is 60.9. The average molecular weight is 1460 g/mol. The van der Waals surface area contributed by atoms with Gasteiger partial charge in [0.05, 0.1) is 82.2 Å². The maximum absolute atomic E-state index is 14.4. The summed E-state index contributed by atoms with van der Waals surface area (Å²) in [5.41, 5.74) is 15.3. The lowest BCUT2D eigenvalue weighted by molar-refractivity contribution is 0.0689. The van der Waals surface area contributed by atoms with E-state index in [1.807, 2.05) is 56.1 Å². The van der Waals surface area contributed by atoms with E-state index in [1.165, 1.54) is 117 Å². The summed E-state index contributed by atoms with van der Waals surface area (Å²) in [7, 11) is 3.98. The number of ether oxygens (including phenoxy) is 3. The predicted molar refractivity (Wildman–Crippen MR) is 350 cm³/mol. The highest BCUT2D eigenvalue weighted by atomic mass is 79.9. The molecule has 28 nitrogen and oxygen atoms in total. The van der Waals surface area contributed by atoms with E-state index >= 15 is 0 Å². The van der Waals surface area contributed by atoms with Crippen LogP contribution in [0.25, 0.3) is 16.9 Å². The molecule has 3 aliphatic rings. The van der Waals surface area contributed by atoms with Crippen molar-refractivity contribution in [3.8, 4) is 23.7 Å². The van der Waals surface area contributed by atoms with Crippen molar-refractivity contribution >= 4 is 66.5 Å². The zero-order valence-corrected chi connectivity index (χ0v) is 55.8. The van der Waals surface area contributed by atoms with Crippen LogP contribution in [0.4, 0.5) is 13.2 Å². The van der Waals surface area contributed by atoms with Gasteiger partial charge in [0.2, 0.25) is 5.88 Å². The number of Topliss-reactive ketones (excluding diaryl/α,β-unsaturated/α-hetero) is 1. The van der Waals surface area contributed by atoms with Gasteiger partial charge in [0.25, 0.3) is 17.7 Å². The van der Waals surface area contributed by atoms with Crippen LogP contribution in [0.15, 0.2) is 120 Å². The first-order valence-corrected chi connectivity index (χ1v) is 32.3. The molecule has 3 fully saturated rings. The van der Waals surface area contributed by atoms with Crippen molar-refractivity contribution in [2.45, 2.75) is 102 Å². The molecule has 0 aliphatic heterocycles. The SMILES string of the molecule is COc1ncc(Br)c(CCC(=O)c2cn(Cc3cn4cc(C5CC5)ccc4n3)nn2)c1F.COc1ncc(Br)c(CN)c1F.COc1ncc(C#N)c(CNC(=O)c2cn(Cc3cn4cc(C5CC5)ccc4n3)nn2)c1F.O=C(O)c1cn(Cc2cn3cc(C4CC4)ccc3n2)nn1. The number of carboxylic acids is 1. The molecule has 33 heteroatoms. The lowest BCUT2D eigenvalue weighted by Crippen LogP contribution is -2.24. The number of aromatic nitrogens is 18. The number of halogens is 5. The molecule has 12 heterocycles. The lowest BCUT2D eigenvalue weighted by atomic mass is 10.1. The van der Waals surface area contributed by atoms with Crippen LogP contribution in [0, 0.1) is 28.8 Å². The van der Waals surface area contributed by atoms with E-state index < -0.39 is 29.3 Å². The van der Waals surface area contributed by atoms with Gasteiger partial charge in [-0.05, 0) is 129 Å². The number of amides is 1. The zero-order valence-electron chi connectivity index (χ0n) is 52.7. The van der Waals surface area contributed by atoms with Gasteiger partial charge >= 0.3 is 5.97 Å². The quantitative estimate of drug-likeness (QED) is 0.0564. The molecule has 98 heavy (non-hydrogen) atoms. The monoisotopic (exact) mass is 1460 g/mol. The van der Waals surface area contributed by atoms with Crippen molar-refractivity contribution in [1.29, 1.82) is 5.26 Å². The first-order valence-electron chi connectivity index (χ1n) is 30.7. The third-order valence-electron chi connectivity index (χ3n) is 16.1. The van der Waals surface area contributed by atoms with Crippen molar-refractivity contribution in [3.63, 3.8) is 0 Å². The Morgan fingerprint density at radius 3 is 1.39 bits per heavy atom. The van der Waals surface area contributed by atoms with Gasteiger partial charge in [-0.2, -0.15) is 5.26 Å². The van der Waals surface area contributed by atoms with Crippen LogP contribution in [-0.2, 0) is 39.1 Å². The zero-order chi connectivity index (χ0) is 68.7. The number of hydrogen-bond acceptors (Lipinski definition) is 20. The smallest absolute Gasteiger partial charge is 0.358 e. The van der Waals surface area contributed by atoms with E-state index in [9.17, 15) is 32.8 Å². The molecule has 1 amide bonds. The minimum absolute atomic E-state index is 0.00828. The number of nitriles is 1. The fourth-order valence-electron chi connectivity index (χ4n) is 10.6. The Kier molecular flexibility index (Phi) is 20.3. The van der Waals surface area contributed by atoms with Gasteiger partial charge in [0.1, 0.15) is 28.7 Å². The van der Waals surface area contributed by atoms with Crippen molar-refractivity contribution < 1.29 is 46.9 Å². The molecule has 0 unspecified atom stereocenters. The summed E-state index contributed by atoms with van der Waals surface area (Å²) < 4.78 is 68.2. The van der Waals surface area contributed by atoms with E-state index in [-0.39, 0.29) is 77.6 Å². The van der Waals surface area contributed by atoms with Gasteiger partial charge in [-0.1, -0.05) is 33.8 Å². The summed E-state index contributed by atoms with van der Waals surface area (Å²) in [6.45, 7) is 1.04. The number of carbonyl (C=O) groups is 3. The fourth-order valence-corrected chi connectivity index (χ4v) is 11.5. The number of nitrogens with one attached hydrogen (secondary N) is 1. The van der Waals surface area contributed by atoms with E-state index in [0.29, 0.717) is 57.5 Å². The van der Waals surface area contributed by atoms with Gasteiger partial charge in [0, 0.05) is 101 Å². The molecule has 3 aliphatic carbocycles. The number of fused-ring (bicyclic) bond motifs is 3. The van der Waals surface area contributed by atoms with Crippen molar-refractivity contribution in [2.24, 2.45) is 5.73 Å². The Hall–Kier alpha value is -10.9. The second-order valence-corrected chi connectivity index (χ2v) is 24.8. The van der Waals surface area contributed by atoms with Crippen LogP contribution >= 0.6 is 31.9 Å². The number of aromatic carboxylic acids is 1. The number of imidazole rings is 3. The third kappa shape index (κ3) is 15.8. The standard InChI is InChI=1S/C22H20BrFN6O2.C22H19FN8O2.C14H13N5O2.C7H8BrFN2O/c1-32-22-21(24)16(17(23)8-25-22)5-6-19(31)18-12-30(28-27-18)11-15-10-29-9-14(13-2-3-13)4-7-20(29)26-15;1-33-22-20(23)17(15(6-24)7-26-22)8-25-21(32)18-12-31(29-28-18)11-16-10-30-9-14(13-2-3-13)4-5-19(30)27-16;20-14(21)12-8-19(17-16-12)7-11-6-18-5-10(9-1-2-9)3-4-13(18)15-11;1-12-7-6(9)4(2-10)5(8)3-11-7/h4,7-10,12-13H,2-3,5-6,11H2,1H3;4-5,7,9-10,12-13H,2-3,8,11H2,1H3,(H,25,32);3-6,8-9H,1-2,7H2,(H,20,21);3H,2,10H2,1H3. The molecular formula is C65H60Br2F3N21O7. The number of nitrogens with zero attached hydrogens (tertiary/aromatic N) is 19. The fraction of sp³-hybridized carbons (Fsp3) is 0.292. The Morgan fingerprint density at radius 2 is 0.969 bits per heavy atom. The molecule has 4 N–H and O–H groups in total. The molecule has 0 radical (unpaired) electrons. The summed E-state index contributed by atoms with van der Waals surface area (Å²) in [5.74, 6) is -2.07. The Labute approximate surface area is 571 Å². The highest BCUT2D eigenvalue weighted by Crippen LogP contribution is 2.42. The summed E-state index contributed by atoms with van der Waals surface area (Å²) in [6.07, 6.45) is 28.6. The number of ketones is 1. The molecule has 0 aromatic carbocycles. The van der Waals surface area contributed by atoms with E-state index in [2.05, 4.69) is 140 Å². The number of hydrogen-bond donors (Lipinski definition) is 3. The van der Waals surface area contributed by atoms with Crippen molar-refractivity contribution in [2.75, 3.05) is 21.3 Å². The minimum Gasteiger partial charge on any atom is -0.479 e. The Morgan fingerprint density at radius 1 is 0.571 bits per heavy atom. The molecular weight excluding hydrogens is 1400 g/mol. The van der Waals surface area contributed by atoms with Crippen molar-refractivity contribution in [3.05, 3.63) is 210 Å². The predicted octanol–water partition coefficient (Wildman–Crippen LogP) is 9.17. The van der Waals surface area contributed by atoms with Gasteiger partial charge in [-0.3, -0.25) is 9.59 Å². The number of rotatable bonds is 21. The number of methoxy groups -OCH3 is 3. The van der Waals surface area contributed by atoms with Gasteiger partial charge in [-0.25, -0.2) is 61.9 Å². The van der Waals surface area contributed by atoms with Gasteiger partial charge < -0.3 is 43.6 Å². The summed E-state index contributed by atoms with van der Waals surface area (Å²) in [5, 5.41) is 43.9. The van der Waals surface area contributed by atoms with E-state index in [1.54, 1.807) is 10.9 Å². The van der Waals surface area contributed by atoms with Gasteiger partial charge in [-0.15, -0.1) is 15.3 Å². The molecule has 3 saturated carbocycles. The molecule has 15 rings (SSSR count). The summed E-state index contributed by atoms with van der Waals surface area (Å²) in [6, 6.07) is 14.3. The van der Waals surface area contributed by atoms with E-state index in [4.69, 9.17) is 20.3 Å². The first-order chi connectivity index (χ1) is 47.5. The Bertz CT molecular complexity index is 4990. The highest BCUT2D eigenvalue weighted by molar-refractivity contribution is 9.10. The Balaban J connectivity index is 0.000000131. The average Bonchev–Trinajstić information content (AvgIpc) is 1.65. The molecule has 0 bridgehead atoms. The minimum atomic E-state index is -1.08. The van der Waals surface area contributed by atoms with Crippen LogP contribution < -0.4 is 25.3 Å². The maximum Gasteiger partial charge on any atom is 0.358 e. The highest BCUT2D eigenvalue weighted by Gasteiger charge is 2.27. The molecule has 502 valence electrons. The number of carboxylic acid groups (broad SMARTS) is 1. The van der Waals surface area contributed by atoms with Crippen LogP contribution in [0.3, 0.4) is 0 Å². The van der Waals surface area contributed by atoms with Crippen LogP contribution in [0.5, 0.6) is 17.6 Å². The number of carbonyl (C=O) groups excluding carboxylic acids is 2. The molecule has 12 aromatic heterocycles.